The van der Waals surface area contributed by atoms with E-state index < -0.39 is 0 Å². The summed E-state index contributed by atoms with van der Waals surface area (Å²) in [6.45, 7) is 5.95. The summed E-state index contributed by atoms with van der Waals surface area (Å²) >= 11 is 0. The normalized spacial score (nSPS) is 19.9. The lowest BCUT2D eigenvalue weighted by molar-refractivity contribution is -0.116. The molecule has 0 spiro atoms. The van der Waals surface area contributed by atoms with Crippen LogP contribution in [0.25, 0.3) is 0 Å². The first kappa shape index (κ1) is 22.3. The molecule has 8 heteroatoms. The van der Waals surface area contributed by atoms with E-state index in [0.717, 1.165) is 36.3 Å². The highest BCUT2D eigenvalue weighted by molar-refractivity contribution is 5.90. The van der Waals surface area contributed by atoms with Crippen molar-refractivity contribution in [1.29, 1.82) is 0 Å². The van der Waals surface area contributed by atoms with E-state index in [4.69, 9.17) is 4.99 Å². The van der Waals surface area contributed by atoms with Gasteiger partial charge in [0.15, 0.2) is 5.96 Å². The van der Waals surface area contributed by atoms with Crippen LogP contribution in [0.3, 0.4) is 0 Å². The number of amides is 1. The Bertz CT molecular complexity index is 890. The number of aromatic nitrogens is 2. The smallest absolute Gasteiger partial charge is 0.246 e. The van der Waals surface area contributed by atoms with Gasteiger partial charge in [0.05, 0.1) is 6.54 Å². The van der Waals surface area contributed by atoms with Crippen LogP contribution in [-0.4, -0.2) is 58.3 Å². The molecule has 32 heavy (non-hydrogen) atoms. The molecule has 0 radical (unpaired) electrons. The average Bonchev–Trinajstić information content (AvgIpc) is 3.55. The van der Waals surface area contributed by atoms with Crippen LogP contribution in [0.1, 0.15) is 44.6 Å². The van der Waals surface area contributed by atoms with E-state index in [1.54, 1.807) is 23.1 Å². The largest absolute Gasteiger partial charge is 0.357 e. The first-order valence-corrected chi connectivity index (χ1v) is 11.8. The van der Waals surface area contributed by atoms with Gasteiger partial charge in [0.1, 0.15) is 6.54 Å². The molecule has 2 aromatic rings. The lowest BCUT2D eigenvalue weighted by atomic mass is 10.2. The first-order chi connectivity index (χ1) is 15.7. The molecule has 2 heterocycles. The van der Waals surface area contributed by atoms with Crippen molar-refractivity contribution in [1.82, 2.24) is 25.3 Å². The number of nitrogens with zero attached hydrogens (tertiary/aromatic N) is 4. The Balaban J connectivity index is 1.30. The van der Waals surface area contributed by atoms with Crippen LogP contribution >= 0.6 is 0 Å². The lowest BCUT2D eigenvalue weighted by Crippen LogP contribution is -2.45. The topological polar surface area (TPSA) is 86.6 Å². The number of hydrogen-bond acceptors (Lipinski definition) is 4. The summed E-state index contributed by atoms with van der Waals surface area (Å²) in [5, 5.41) is 14.0. The van der Waals surface area contributed by atoms with Gasteiger partial charge >= 0.3 is 0 Å². The molecule has 1 saturated heterocycles. The van der Waals surface area contributed by atoms with E-state index >= 15 is 0 Å². The molecule has 8 nitrogen and oxygen atoms in total. The number of anilines is 1. The summed E-state index contributed by atoms with van der Waals surface area (Å²) in [6, 6.07) is 10.9. The molecule has 1 aromatic carbocycles. The summed E-state index contributed by atoms with van der Waals surface area (Å²) < 4.78 is 1.61. The van der Waals surface area contributed by atoms with Crippen LogP contribution < -0.4 is 16.0 Å². The monoisotopic (exact) mass is 437 g/mol. The van der Waals surface area contributed by atoms with Gasteiger partial charge in [-0.15, -0.1) is 0 Å². The van der Waals surface area contributed by atoms with Crippen molar-refractivity contribution in [3.05, 3.63) is 48.3 Å². The summed E-state index contributed by atoms with van der Waals surface area (Å²) in [5.41, 5.74) is 1.83. The summed E-state index contributed by atoms with van der Waals surface area (Å²) in [5.74, 6) is 0.760. The standard InChI is InChI=1S/C24H35N7O/c1-2-25-24(29-21-11-14-30(17-21)22-9-3-4-10-22)26-16-19-7-5-8-20(15-19)28-23(32)18-31-13-6-12-27-31/h5-8,12-13,15,21-22H,2-4,9-11,14,16-18H2,1H3,(H,28,32)(H2,25,26,29). The number of aliphatic imine (C=N–C) groups is 1. The van der Waals surface area contributed by atoms with Crippen molar-refractivity contribution in [3.63, 3.8) is 0 Å². The van der Waals surface area contributed by atoms with Crippen molar-refractivity contribution in [3.8, 4) is 0 Å². The number of guanidine groups is 1. The Kier molecular flexibility index (Phi) is 7.77. The Morgan fingerprint density at radius 3 is 2.88 bits per heavy atom. The molecule has 1 unspecified atom stereocenters. The third-order valence-electron chi connectivity index (χ3n) is 6.24. The van der Waals surface area contributed by atoms with Gasteiger partial charge in [0, 0.05) is 49.8 Å². The van der Waals surface area contributed by atoms with Gasteiger partial charge in [-0.3, -0.25) is 14.4 Å². The molecule has 172 valence electrons. The molecule has 3 N–H and O–H groups in total. The zero-order valence-corrected chi connectivity index (χ0v) is 19.0. The number of rotatable bonds is 8. The third-order valence-corrected chi connectivity index (χ3v) is 6.24. The van der Waals surface area contributed by atoms with Crippen LogP contribution in [-0.2, 0) is 17.9 Å². The van der Waals surface area contributed by atoms with Gasteiger partial charge in [0.2, 0.25) is 5.91 Å². The van der Waals surface area contributed by atoms with Crippen molar-refractivity contribution in [2.75, 3.05) is 25.0 Å². The molecule has 1 saturated carbocycles. The zero-order chi connectivity index (χ0) is 22.2. The SMILES string of the molecule is CCNC(=NCc1cccc(NC(=O)Cn2cccn2)c1)NC1CCN(C2CCCC2)C1. The molecule has 0 bridgehead atoms. The molecule has 2 fully saturated rings. The van der Waals surface area contributed by atoms with Gasteiger partial charge in [-0.05, 0) is 49.9 Å². The number of benzene rings is 1. The Hall–Kier alpha value is -2.87. The third kappa shape index (κ3) is 6.32. The van der Waals surface area contributed by atoms with E-state index in [-0.39, 0.29) is 12.5 Å². The summed E-state index contributed by atoms with van der Waals surface area (Å²) in [6.07, 6.45) is 10.1. The van der Waals surface area contributed by atoms with Gasteiger partial charge in [-0.1, -0.05) is 25.0 Å². The molecule has 4 rings (SSSR count). The van der Waals surface area contributed by atoms with Crippen LogP contribution in [0.4, 0.5) is 5.69 Å². The van der Waals surface area contributed by atoms with Gasteiger partial charge in [-0.25, -0.2) is 4.99 Å². The molecule has 1 aliphatic carbocycles. The number of carbonyl (C=O) groups is 1. The molecule has 2 aliphatic rings. The van der Waals surface area contributed by atoms with E-state index in [2.05, 4.69) is 32.9 Å². The highest BCUT2D eigenvalue weighted by Gasteiger charge is 2.30. The first-order valence-electron chi connectivity index (χ1n) is 11.8. The van der Waals surface area contributed by atoms with E-state index in [0.29, 0.717) is 12.6 Å². The van der Waals surface area contributed by atoms with Crippen molar-refractivity contribution >= 4 is 17.6 Å². The minimum Gasteiger partial charge on any atom is -0.357 e. The fourth-order valence-corrected chi connectivity index (χ4v) is 4.68. The van der Waals surface area contributed by atoms with E-state index in [1.807, 2.05) is 24.3 Å². The maximum absolute atomic E-state index is 12.2. The second-order valence-corrected chi connectivity index (χ2v) is 8.71. The molecular weight excluding hydrogens is 402 g/mol. The van der Waals surface area contributed by atoms with Crippen molar-refractivity contribution < 1.29 is 4.79 Å². The van der Waals surface area contributed by atoms with Crippen molar-refractivity contribution in [2.24, 2.45) is 4.99 Å². The van der Waals surface area contributed by atoms with Crippen LogP contribution in [0.5, 0.6) is 0 Å². The molecule has 1 amide bonds. The Labute approximate surface area is 190 Å². The van der Waals surface area contributed by atoms with Crippen molar-refractivity contribution in [2.45, 2.75) is 64.2 Å². The summed E-state index contributed by atoms with van der Waals surface area (Å²) in [7, 11) is 0. The van der Waals surface area contributed by atoms with E-state index in [9.17, 15) is 4.79 Å². The van der Waals surface area contributed by atoms with Gasteiger partial charge in [-0.2, -0.15) is 5.10 Å². The predicted octanol–water partition coefficient (Wildman–Crippen LogP) is 2.59. The van der Waals surface area contributed by atoms with Gasteiger partial charge < -0.3 is 16.0 Å². The van der Waals surface area contributed by atoms with Crippen LogP contribution in [0.15, 0.2) is 47.7 Å². The Morgan fingerprint density at radius 1 is 1.22 bits per heavy atom. The van der Waals surface area contributed by atoms with E-state index in [1.165, 1.54) is 38.6 Å². The highest BCUT2D eigenvalue weighted by Crippen LogP contribution is 2.26. The van der Waals surface area contributed by atoms with Gasteiger partial charge in [0.25, 0.3) is 0 Å². The highest BCUT2D eigenvalue weighted by atomic mass is 16.2. The zero-order valence-electron chi connectivity index (χ0n) is 19.0. The second kappa shape index (κ2) is 11.1. The summed E-state index contributed by atoms with van der Waals surface area (Å²) in [4.78, 5) is 19.7. The average molecular weight is 438 g/mol. The molecular formula is C24H35N7O. The Morgan fingerprint density at radius 2 is 2.09 bits per heavy atom. The number of nitrogens with one attached hydrogen (secondary N) is 3. The minimum absolute atomic E-state index is 0.0996. The number of carbonyl (C=O) groups excluding carboxylic acids is 1. The van der Waals surface area contributed by atoms with Crippen LogP contribution in [0.2, 0.25) is 0 Å². The van der Waals surface area contributed by atoms with Crippen LogP contribution in [0, 0.1) is 0 Å². The quantitative estimate of drug-likeness (QED) is 0.437. The molecule has 1 atom stereocenters. The second-order valence-electron chi connectivity index (χ2n) is 8.71. The maximum atomic E-state index is 12.2. The molecule has 1 aromatic heterocycles. The number of hydrogen-bond donors (Lipinski definition) is 3. The molecule has 1 aliphatic heterocycles. The number of likely N-dealkylation sites (tertiary alicyclic amines) is 1. The fraction of sp³-hybridized carbons (Fsp3) is 0.542. The predicted molar refractivity (Wildman–Crippen MR) is 127 cm³/mol. The minimum atomic E-state index is -0.0996. The fourth-order valence-electron chi connectivity index (χ4n) is 4.68. The lowest BCUT2D eigenvalue weighted by Gasteiger charge is -2.24. The maximum Gasteiger partial charge on any atom is 0.246 e.